The van der Waals surface area contributed by atoms with Gasteiger partial charge in [-0.15, -0.1) is 0 Å². The fraction of sp³-hybridized carbons (Fsp3) is 0.381. The number of hydrogen-bond donors (Lipinski definition) is 3. The number of aliphatic hydroxyl groups is 1. The number of benzene rings is 2. The van der Waals surface area contributed by atoms with Gasteiger partial charge >= 0.3 is 0 Å². The van der Waals surface area contributed by atoms with E-state index in [1.54, 1.807) is 23.1 Å². The Morgan fingerprint density at radius 3 is 2.63 bits per heavy atom. The lowest BCUT2D eigenvalue weighted by Gasteiger charge is -2.33. The van der Waals surface area contributed by atoms with Crippen LogP contribution in [0.25, 0.3) is 0 Å². The topological polar surface area (TPSA) is 64.6 Å². The molecule has 0 saturated heterocycles. The Kier molecular flexibility index (Phi) is 6.16. The average molecular weight is 456 g/mol. The summed E-state index contributed by atoms with van der Waals surface area (Å²) in [4.78, 5) is 14.2. The van der Waals surface area contributed by atoms with Crippen LogP contribution in [-0.2, 0) is 4.79 Å². The number of nitrogens with zero attached hydrogens (tertiary/aromatic N) is 1. The molecule has 5 nitrogen and oxygen atoms in total. The largest absolute Gasteiger partial charge is 0.378 e. The van der Waals surface area contributed by atoms with Gasteiger partial charge in [0.1, 0.15) is 22.9 Å². The second kappa shape index (κ2) is 8.67. The van der Waals surface area contributed by atoms with Gasteiger partial charge in [-0.25, -0.2) is 8.78 Å². The Morgan fingerprint density at radius 1 is 1.13 bits per heavy atom. The Bertz CT molecular complexity index is 972. The van der Waals surface area contributed by atoms with Crippen molar-refractivity contribution in [3.05, 3.63) is 57.6 Å². The van der Waals surface area contributed by atoms with E-state index in [0.29, 0.717) is 28.9 Å². The zero-order valence-electron chi connectivity index (χ0n) is 16.0. The second-order valence-electron chi connectivity index (χ2n) is 7.79. The highest BCUT2D eigenvalue weighted by atomic mass is 35.5. The van der Waals surface area contributed by atoms with Crippen LogP contribution in [0.15, 0.2) is 30.3 Å². The first-order valence-corrected chi connectivity index (χ1v) is 10.5. The lowest BCUT2D eigenvalue weighted by molar-refractivity contribution is -0.120. The number of fused-ring (bicyclic) bond motifs is 1. The minimum absolute atomic E-state index is 0.0109. The van der Waals surface area contributed by atoms with E-state index in [2.05, 4.69) is 10.6 Å². The van der Waals surface area contributed by atoms with Crippen LogP contribution in [0.5, 0.6) is 0 Å². The maximum absolute atomic E-state index is 14.8. The van der Waals surface area contributed by atoms with E-state index in [0.717, 1.165) is 18.9 Å². The van der Waals surface area contributed by atoms with Crippen molar-refractivity contribution in [2.75, 3.05) is 23.7 Å². The SMILES string of the molecule is O=C1CN(CC2CC2)C(O)C[C@H](c2ccc(F)c(Cl)c2F)Nc2ccc(Cl)cc2N1. The quantitative estimate of drug-likeness (QED) is 0.581. The molecule has 1 amide bonds. The predicted molar refractivity (Wildman–Crippen MR) is 113 cm³/mol. The van der Waals surface area contributed by atoms with Gasteiger partial charge in [-0.05, 0) is 43.0 Å². The second-order valence-corrected chi connectivity index (χ2v) is 8.60. The maximum Gasteiger partial charge on any atom is 0.238 e. The lowest BCUT2D eigenvalue weighted by Crippen LogP contribution is -2.44. The van der Waals surface area contributed by atoms with Gasteiger partial charge in [-0.1, -0.05) is 29.3 Å². The number of carbonyl (C=O) groups excluding carboxylic acids is 1. The van der Waals surface area contributed by atoms with Crippen molar-refractivity contribution >= 4 is 40.5 Å². The zero-order valence-corrected chi connectivity index (χ0v) is 17.5. The Balaban J connectivity index is 1.74. The van der Waals surface area contributed by atoms with Gasteiger partial charge in [-0.3, -0.25) is 9.69 Å². The molecule has 1 fully saturated rings. The summed E-state index contributed by atoms with van der Waals surface area (Å²) in [5.74, 6) is -1.59. The van der Waals surface area contributed by atoms with Crippen LogP contribution in [0.3, 0.4) is 0 Å². The van der Waals surface area contributed by atoms with Crippen molar-refractivity contribution in [2.45, 2.75) is 31.5 Å². The molecule has 0 spiro atoms. The molecule has 1 aliphatic carbocycles. The van der Waals surface area contributed by atoms with Crippen molar-refractivity contribution in [2.24, 2.45) is 5.92 Å². The van der Waals surface area contributed by atoms with Crippen LogP contribution in [0.2, 0.25) is 10.0 Å². The van der Waals surface area contributed by atoms with Gasteiger partial charge in [0.05, 0.1) is 24.0 Å². The molecule has 2 aliphatic rings. The molecular formula is C21H21Cl2F2N3O2. The van der Waals surface area contributed by atoms with Crippen LogP contribution in [0.1, 0.15) is 30.9 Å². The Hall–Kier alpha value is -1.93. The minimum Gasteiger partial charge on any atom is -0.378 e. The third kappa shape index (κ3) is 4.70. The Labute approximate surface area is 183 Å². The smallest absolute Gasteiger partial charge is 0.238 e. The van der Waals surface area contributed by atoms with E-state index >= 15 is 0 Å². The number of rotatable bonds is 3. The van der Waals surface area contributed by atoms with E-state index in [9.17, 15) is 18.7 Å². The number of amides is 1. The molecule has 0 aromatic heterocycles. The van der Waals surface area contributed by atoms with Gasteiger partial charge in [0.25, 0.3) is 0 Å². The summed E-state index contributed by atoms with van der Waals surface area (Å²) < 4.78 is 28.5. The predicted octanol–water partition coefficient (Wildman–Crippen LogP) is 4.80. The van der Waals surface area contributed by atoms with Gasteiger partial charge in [0.15, 0.2) is 0 Å². The molecule has 30 heavy (non-hydrogen) atoms. The number of nitrogens with one attached hydrogen (secondary N) is 2. The summed E-state index contributed by atoms with van der Waals surface area (Å²) in [5, 5.41) is 16.7. The third-order valence-corrected chi connectivity index (χ3v) is 6.01. The van der Waals surface area contributed by atoms with Gasteiger partial charge < -0.3 is 15.7 Å². The summed E-state index contributed by atoms with van der Waals surface area (Å²) in [7, 11) is 0. The molecular weight excluding hydrogens is 435 g/mol. The molecule has 4 rings (SSSR count). The molecule has 1 saturated carbocycles. The van der Waals surface area contributed by atoms with Crippen LogP contribution >= 0.6 is 23.2 Å². The molecule has 1 aliphatic heterocycles. The van der Waals surface area contributed by atoms with Gasteiger partial charge in [0, 0.05) is 23.6 Å². The van der Waals surface area contributed by atoms with Crippen molar-refractivity contribution in [3.8, 4) is 0 Å². The first-order chi connectivity index (χ1) is 14.3. The molecule has 9 heteroatoms. The molecule has 3 N–H and O–H groups in total. The summed E-state index contributed by atoms with van der Waals surface area (Å²) >= 11 is 11.9. The lowest BCUT2D eigenvalue weighted by atomic mass is 10.00. The first kappa shape index (κ1) is 21.3. The highest BCUT2D eigenvalue weighted by Crippen LogP contribution is 2.36. The van der Waals surface area contributed by atoms with E-state index in [-0.39, 0.29) is 24.4 Å². The molecule has 2 aromatic rings. The average Bonchev–Trinajstić information content (AvgIpc) is 3.51. The molecule has 1 unspecified atom stereocenters. The normalized spacial score (nSPS) is 22.8. The molecule has 160 valence electrons. The minimum atomic E-state index is -1.01. The number of anilines is 2. The summed E-state index contributed by atoms with van der Waals surface area (Å²) in [6.07, 6.45) is 1.16. The highest BCUT2D eigenvalue weighted by Gasteiger charge is 2.32. The fourth-order valence-electron chi connectivity index (χ4n) is 3.66. The zero-order chi connectivity index (χ0) is 21.4. The van der Waals surface area contributed by atoms with E-state index in [1.807, 2.05) is 0 Å². The van der Waals surface area contributed by atoms with Crippen LogP contribution in [-0.4, -0.2) is 35.2 Å². The van der Waals surface area contributed by atoms with Gasteiger partial charge in [-0.2, -0.15) is 0 Å². The summed E-state index contributed by atoms with van der Waals surface area (Å²) in [6.45, 7) is 0.555. The van der Waals surface area contributed by atoms with Crippen LogP contribution < -0.4 is 10.6 Å². The first-order valence-electron chi connectivity index (χ1n) is 9.73. The van der Waals surface area contributed by atoms with E-state index < -0.39 is 28.9 Å². The number of aliphatic hydroxyl groups excluding tert-OH is 1. The van der Waals surface area contributed by atoms with Crippen molar-refractivity contribution in [3.63, 3.8) is 0 Å². The van der Waals surface area contributed by atoms with Crippen LogP contribution in [0.4, 0.5) is 20.2 Å². The van der Waals surface area contributed by atoms with Gasteiger partial charge in [0.2, 0.25) is 5.91 Å². The standard InChI is InChI=1S/C21H21Cl2F2N3O2/c22-12-3-6-15-17(7-12)27-18(29)10-28(9-11-1-2-11)19(30)8-16(26-15)13-4-5-14(24)20(23)21(13)25/h3-7,11,16,19,26,30H,1-2,8-10H2,(H,27,29)/t16-,19?/m1/s1. The van der Waals surface area contributed by atoms with Crippen LogP contribution in [0, 0.1) is 17.6 Å². The summed E-state index contributed by atoms with van der Waals surface area (Å²) in [6, 6.07) is 6.56. The Morgan fingerprint density at radius 2 is 1.90 bits per heavy atom. The van der Waals surface area contributed by atoms with Crippen molar-refractivity contribution in [1.82, 2.24) is 4.90 Å². The molecule has 0 radical (unpaired) electrons. The molecule has 2 aromatic carbocycles. The fourth-order valence-corrected chi connectivity index (χ4v) is 4.01. The van der Waals surface area contributed by atoms with Crippen molar-refractivity contribution in [1.29, 1.82) is 0 Å². The highest BCUT2D eigenvalue weighted by molar-refractivity contribution is 6.31. The number of halogens is 4. The molecule has 0 bridgehead atoms. The number of carbonyl (C=O) groups is 1. The monoisotopic (exact) mass is 455 g/mol. The molecule has 1 heterocycles. The third-order valence-electron chi connectivity index (χ3n) is 5.43. The molecule has 2 atom stereocenters. The van der Waals surface area contributed by atoms with E-state index in [4.69, 9.17) is 23.2 Å². The maximum atomic E-state index is 14.8. The number of hydrogen-bond acceptors (Lipinski definition) is 4. The van der Waals surface area contributed by atoms with E-state index in [1.165, 1.54) is 6.07 Å². The van der Waals surface area contributed by atoms with Crippen molar-refractivity contribution < 1.29 is 18.7 Å². The summed E-state index contributed by atoms with van der Waals surface area (Å²) in [5.41, 5.74) is 1.06.